The minimum Gasteiger partial charge on any atom is -0.330 e. The first-order chi connectivity index (χ1) is 7.22. The first-order valence-corrected chi connectivity index (χ1v) is 6.35. The second-order valence-electron chi connectivity index (χ2n) is 3.30. The van der Waals surface area contributed by atoms with Gasteiger partial charge < -0.3 is 5.73 Å². The van der Waals surface area contributed by atoms with Gasteiger partial charge in [0.15, 0.2) is 0 Å². The zero-order valence-electron chi connectivity index (χ0n) is 8.40. The van der Waals surface area contributed by atoms with E-state index in [1.807, 2.05) is 17.9 Å². The van der Waals surface area contributed by atoms with Gasteiger partial charge in [-0.05, 0) is 28.5 Å². The Kier molecular flexibility index (Phi) is 3.23. The molecule has 2 N–H and O–H groups in total. The SMILES string of the molecule is Cn1ncc(-c2cc(Br)cs2)c1CCN. The highest BCUT2D eigenvalue weighted by Crippen LogP contribution is 2.31. The number of hydrogen-bond acceptors (Lipinski definition) is 3. The number of nitrogens with two attached hydrogens (primary N) is 1. The quantitative estimate of drug-likeness (QED) is 0.941. The van der Waals surface area contributed by atoms with Crippen LogP contribution in [0.2, 0.25) is 0 Å². The summed E-state index contributed by atoms with van der Waals surface area (Å²) in [5, 5.41) is 6.35. The molecule has 0 radical (unpaired) electrons. The monoisotopic (exact) mass is 285 g/mol. The molecule has 0 bridgehead atoms. The Balaban J connectivity index is 2.43. The van der Waals surface area contributed by atoms with Crippen LogP contribution < -0.4 is 5.73 Å². The molecule has 0 aliphatic carbocycles. The van der Waals surface area contributed by atoms with Gasteiger partial charge in [-0.15, -0.1) is 11.3 Å². The third kappa shape index (κ3) is 2.14. The summed E-state index contributed by atoms with van der Waals surface area (Å²) in [4.78, 5) is 1.23. The average molecular weight is 286 g/mol. The molecule has 0 atom stereocenters. The highest BCUT2D eigenvalue weighted by Gasteiger charge is 2.11. The summed E-state index contributed by atoms with van der Waals surface area (Å²) in [6.45, 7) is 0.652. The number of aryl methyl sites for hydroxylation is 1. The maximum Gasteiger partial charge on any atom is 0.0579 e. The zero-order valence-corrected chi connectivity index (χ0v) is 10.8. The van der Waals surface area contributed by atoms with Crippen LogP contribution >= 0.6 is 27.3 Å². The van der Waals surface area contributed by atoms with Gasteiger partial charge in [-0.25, -0.2) is 0 Å². The zero-order chi connectivity index (χ0) is 10.8. The number of nitrogens with zero attached hydrogens (tertiary/aromatic N) is 2. The van der Waals surface area contributed by atoms with Crippen LogP contribution in [0.3, 0.4) is 0 Å². The van der Waals surface area contributed by atoms with Crippen molar-refractivity contribution in [3.8, 4) is 10.4 Å². The van der Waals surface area contributed by atoms with Crippen molar-refractivity contribution in [2.75, 3.05) is 6.54 Å². The molecule has 2 aromatic heterocycles. The fraction of sp³-hybridized carbons (Fsp3) is 0.300. The molecule has 0 aliphatic heterocycles. The molecule has 0 unspecified atom stereocenters. The Bertz CT molecular complexity index is 461. The molecule has 2 rings (SSSR count). The van der Waals surface area contributed by atoms with E-state index in [9.17, 15) is 0 Å². The molecule has 0 saturated carbocycles. The fourth-order valence-corrected chi connectivity index (χ4v) is 3.02. The lowest BCUT2D eigenvalue weighted by molar-refractivity contribution is 0.707. The summed E-state index contributed by atoms with van der Waals surface area (Å²) < 4.78 is 3.01. The molecule has 0 spiro atoms. The van der Waals surface area contributed by atoms with Crippen LogP contribution in [-0.2, 0) is 13.5 Å². The van der Waals surface area contributed by atoms with E-state index in [1.165, 1.54) is 16.1 Å². The summed E-state index contributed by atoms with van der Waals surface area (Å²) in [6, 6.07) is 2.11. The van der Waals surface area contributed by atoms with Crippen molar-refractivity contribution >= 4 is 27.3 Å². The van der Waals surface area contributed by atoms with Gasteiger partial charge >= 0.3 is 0 Å². The number of thiophene rings is 1. The van der Waals surface area contributed by atoms with Crippen LogP contribution in [-0.4, -0.2) is 16.3 Å². The van der Waals surface area contributed by atoms with E-state index in [0.717, 1.165) is 10.9 Å². The number of rotatable bonds is 3. The Morgan fingerprint density at radius 1 is 1.60 bits per heavy atom. The van der Waals surface area contributed by atoms with Crippen molar-refractivity contribution in [2.45, 2.75) is 6.42 Å². The van der Waals surface area contributed by atoms with Gasteiger partial charge in [-0.3, -0.25) is 4.68 Å². The Morgan fingerprint density at radius 2 is 2.40 bits per heavy atom. The molecule has 0 saturated heterocycles. The molecule has 2 aromatic rings. The molecule has 0 aromatic carbocycles. The lowest BCUT2D eigenvalue weighted by Crippen LogP contribution is -2.08. The van der Waals surface area contributed by atoms with Crippen LogP contribution in [0.15, 0.2) is 22.1 Å². The number of hydrogen-bond donors (Lipinski definition) is 1. The van der Waals surface area contributed by atoms with Gasteiger partial charge in [0.2, 0.25) is 0 Å². The molecule has 0 amide bonds. The normalized spacial score (nSPS) is 10.9. The highest BCUT2D eigenvalue weighted by molar-refractivity contribution is 9.10. The van der Waals surface area contributed by atoms with Gasteiger partial charge in [0.25, 0.3) is 0 Å². The number of halogens is 1. The van der Waals surface area contributed by atoms with Crippen molar-refractivity contribution in [3.05, 3.63) is 27.8 Å². The molecule has 80 valence electrons. The molecule has 5 heteroatoms. The highest BCUT2D eigenvalue weighted by atomic mass is 79.9. The van der Waals surface area contributed by atoms with Crippen LogP contribution in [0.1, 0.15) is 5.69 Å². The predicted octanol–water partition coefficient (Wildman–Crippen LogP) is 2.41. The van der Waals surface area contributed by atoms with Gasteiger partial charge in [0.05, 0.1) is 6.20 Å². The minimum atomic E-state index is 0.652. The van der Waals surface area contributed by atoms with Crippen LogP contribution in [0.25, 0.3) is 10.4 Å². The van der Waals surface area contributed by atoms with Crippen LogP contribution in [0.4, 0.5) is 0 Å². The Hall–Kier alpha value is -0.650. The first-order valence-electron chi connectivity index (χ1n) is 4.67. The largest absolute Gasteiger partial charge is 0.330 e. The van der Waals surface area contributed by atoms with Crippen molar-refractivity contribution in [3.63, 3.8) is 0 Å². The fourth-order valence-electron chi connectivity index (χ4n) is 1.56. The lowest BCUT2D eigenvalue weighted by Gasteiger charge is -2.02. The smallest absolute Gasteiger partial charge is 0.0579 e. The topological polar surface area (TPSA) is 43.8 Å². The second-order valence-corrected chi connectivity index (χ2v) is 5.12. The molecular weight excluding hydrogens is 274 g/mol. The summed E-state index contributed by atoms with van der Waals surface area (Å²) in [7, 11) is 1.96. The minimum absolute atomic E-state index is 0.652. The predicted molar refractivity (Wildman–Crippen MR) is 67.0 cm³/mol. The van der Waals surface area contributed by atoms with Crippen molar-refractivity contribution in [2.24, 2.45) is 12.8 Å². The Labute approximate surface area is 101 Å². The average Bonchev–Trinajstić information content (AvgIpc) is 2.76. The van der Waals surface area contributed by atoms with E-state index in [-0.39, 0.29) is 0 Å². The third-order valence-electron chi connectivity index (χ3n) is 2.28. The number of aromatic nitrogens is 2. The van der Waals surface area contributed by atoms with E-state index >= 15 is 0 Å². The van der Waals surface area contributed by atoms with Gasteiger partial charge in [-0.2, -0.15) is 5.10 Å². The van der Waals surface area contributed by atoms with Gasteiger partial charge in [0, 0.05) is 39.5 Å². The van der Waals surface area contributed by atoms with E-state index in [1.54, 1.807) is 11.3 Å². The van der Waals surface area contributed by atoms with Crippen LogP contribution in [0.5, 0.6) is 0 Å². The summed E-state index contributed by atoms with van der Waals surface area (Å²) in [6.07, 6.45) is 2.77. The van der Waals surface area contributed by atoms with E-state index in [0.29, 0.717) is 6.54 Å². The summed E-state index contributed by atoms with van der Waals surface area (Å²) in [5.41, 5.74) is 7.99. The second kappa shape index (κ2) is 4.47. The van der Waals surface area contributed by atoms with Gasteiger partial charge in [0.1, 0.15) is 0 Å². The summed E-state index contributed by atoms with van der Waals surface area (Å²) >= 11 is 5.17. The van der Waals surface area contributed by atoms with Crippen molar-refractivity contribution < 1.29 is 0 Å². The van der Waals surface area contributed by atoms with E-state index in [2.05, 4.69) is 32.5 Å². The van der Waals surface area contributed by atoms with Crippen LogP contribution in [0, 0.1) is 0 Å². The van der Waals surface area contributed by atoms with Crippen molar-refractivity contribution in [1.29, 1.82) is 0 Å². The van der Waals surface area contributed by atoms with E-state index < -0.39 is 0 Å². The maximum absolute atomic E-state index is 5.59. The standard InChI is InChI=1S/C10H12BrN3S/c1-14-9(2-3-12)8(5-13-14)10-4-7(11)6-15-10/h4-6H,2-3,12H2,1H3. The van der Waals surface area contributed by atoms with Gasteiger partial charge in [-0.1, -0.05) is 0 Å². The first kappa shape index (κ1) is 10.9. The lowest BCUT2D eigenvalue weighted by atomic mass is 10.1. The summed E-state index contributed by atoms with van der Waals surface area (Å²) in [5.74, 6) is 0. The third-order valence-corrected chi connectivity index (χ3v) is 4.00. The molecule has 15 heavy (non-hydrogen) atoms. The molecule has 3 nitrogen and oxygen atoms in total. The van der Waals surface area contributed by atoms with E-state index in [4.69, 9.17) is 5.73 Å². The molecule has 2 heterocycles. The maximum atomic E-state index is 5.59. The molecular formula is C10H12BrN3S. The molecule has 0 aliphatic rings. The molecule has 0 fully saturated rings. The van der Waals surface area contributed by atoms with Crippen molar-refractivity contribution in [1.82, 2.24) is 9.78 Å². The Morgan fingerprint density at radius 3 is 3.00 bits per heavy atom.